The Bertz CT molecular complexity index is 753. The third-order valence-electron chi connectivity index (χ3n) is 4.12. The van der Waals surface area contributed by atoms with Gasteiger partial charge in [0.15, 0.2) is 11.5 Å². The van der Waals surface area contributed by atoms with Crippen LogP contribution in [0.25, 0.3) is 0 Å². The van der Waals surface area contributed by atoms with Crippen molar-refractivity contribution in [2.24, 2.45) is 5.73 Å². The predicted octanol–water partition coefficient (Wildman–Crippen LogP) is 1.65. The van der Waals surface area contributed by atoms with E-state index in [-0.39, 0.29) is 35.4 Å². The molecule has 24 heavy (non-hydrogen) atoms. The van der Waals surface area contributed by atoms with Crippen LogP contribution in [0, 0.1) is 0 Å². The first kappa shape index (κ1) is 15.9. The van der Waals surface area contributed by atoms with Crippen LogP contribution in [0.4, 0.5) is 0 Å². The van der Waals surface area contributed by atoms with E-state index in [9.17, 15) is 14.4 Å². The first-order chi connectivity index (χ1) is 11.6. The lowest BCUT2D eigenvalue weighted by Gasteiger charge is -2.23. The number of aromatic nitrogens is 1. The van der Waals surface area contributed by atoms with Crippen molar-refractivity contribution in [1.29, 1.82) is 0 Å². The summed E-state index contributed by atoms with van der Waals surface area (Å²) < 4.78 is 5.11. The number of hydrogen-bond acceptors (Lipinski definition) is 5. The van der Waals surface area contributed by atoms with Gasteiger partial charge in [0, 0.05) is 25.2 Å². The Labute approximate surface area is 138 Å². The Morgan fingerprint density at radius 3 is 2.75 bits per heavy atom. The molecular weight excluding hydrogens is 310 g/mol. The summed E-state index contributed by atoms with van der Waals surface area (Å²) in [5.41, 5.74) is 5.65. The van der Waals surface area contributed by atoms with E-state index in [0.717, 1.165) is 12.8 Å². The molecule has 1 aliphatic rings. The Balaban J connectivity index is 1.71. The van der Waals surface area contributed by atoms with Crippen molar-refractivity contribution in [2.75, 3.05) is 6.54 Å². The molecule has 0 radical (unpaired) electrons. The molecule has 0 saturated carbocycles. The van der Waals surface area contributed by atoms with Gasteiger partial charge in [0.25, 0.3) is 5.91 Å². The highest BCUT2D eigenvalue weighted by atomic mass is 16.3. The molecule has 0 spiro atoms. The molecule has 0 bridgehead atoms. The zero-order chi connectivity index (χ0) is 17.1. The summed E-state index contributed by atoms with van der Waals surface area (Å²) in [4.78, 5) is 41.5. The van der Waals surface area contributed by atoms with Crippen molar-refractivity contribution in [3.63, 3.8) is 0 Å². The normalized spacial score (nSPS) is 17.0. The number of nitrogens with zero attached hydrogens (tertiary/aromatic N) is 2. The molecule has 3 heterocycles. The fourth-order valence-corrected chi connectivity index (χ4v) is 2.88. The smallest absolute Gasteiger partial charge is 0.272 e. The minimum atomic E-state index is -0.593. The zero-order valence-corrected chi connectivity index (χ0v) is 13.0. The van der Waals surface area contributed by atoms with Crippen LogP contribution in [0.5, 0.6) is 0 Å². The third kappa shape index (κ3) is 3.19. The van der Waals surface area contributed by atoms with E-state index in [4.69, 9.17) is 10.2 Å². The molecule has 1 aliphatic heterocycles. The second kappa shape index (κ2) is 6.66. The number of amides is 2. The van der Waals surface area contributed by atoms with Gasteiger partial charge < -0.3 is 15.1 Å². The van der Waals surface area contributed by atoms with Crippen molar-refractivity contribution in [2.45, 2.75) is 25.3 Å². The van der Waals surface area contributed by atoms with Crippen molar-refractivity contribution >= 4 is 17.6 Å². The molecule has 1 atom stereocenters. The number of primary amides is 1. The fraction of sp³-hybridized carbons (Fsp3) is 0.294. The van der Waals surface area contributed by atoms with E-state index in [1.54, 1.807) is 17.0 Å². The van der Waals surface area contributed by atoms with Gasteiger partial charge in [-0.2, -0.15) is 0 Å². The number of pyridine rings is 1. The summed E-state index contributed by atoms with van der Waals surface area (Å²) >= 11 is 0. The molecule has 7 nitrogen and oxygen atoms in total. The second-order valence-corrected chi connectivity index (χ2v) is 5.70. The van der Waals surface area contributed by atoms with E-state index in [2.05, 4.69) is 4.98 Å². The molecule has 2 amide bonds. The molecule has 2 aromatic heterocycles. The van der Waals surface area contributed by atoms with Crippen LogP contribution >= 0.6 is 0 Å². The molecule has 124 valence electrons. The van der Waals surface area contributed by atoms with Crippen LogP contribution in [0.2, 0.25) is 0 Å². The third-order valence-corrected chi connectivity index (χ3v) is 4.12. The van der Waals surface area contributed by atoms with Crippen molar-refractivity contribution in [3.8, 4) is 0 Å². The lowest BCUT2D eigenvalue weighted by atomic mass is 10.1. The molecule has 3 rings (SSSR count). The van der Waals surface area contributed by atoms with E-state index in [0.29, 0.717) is 12.3 Å². The fourth-order valence-electron chi connectivity index (χ4n) is 2.88. The monoisotopic (exact) mass is 327 g/mol. The molecule has 1 fully saturated rings. The molecule has 0 aliphatic carbocycles. The minimum Gasteiger partial charge on any atom is -0.461 e. The first-order valence-corrected chi connectivity index (χ1v) is 7.70. The summed E-state index contributed by atoms with van der Waals surface area (Å²) in [5, 5.41) is 0. The molecule has 7 heteroatoms. The quantitative estimate of drug-likeness (QED) is 0.840. The topological polar surface area (TPSA) is 106 Å². The van der Waals surface area contributed by atoms with Gasteiger partial charge in [-0.25, -0.2) is 0 Å². The Morgan fingerprint density at radius 2 is 2.12 bits per heavy atom. The molecule has 2 aromatic rings. The lowest BCUT2D eigenvalue weighted by Crippen LogP contribution is -2.37. The average Bonchev–Trinajstić information content (AvgIpc) is 3.26. The zero-order valence-electron chi connectivity index (χ0n) is 13.0. The average molecular weight is 327 g/mol. The number of hydrogen-bond donors (Lipinski definition) is 1. The predicted molar refractivity (Wildman–Crippen MR) is 84.5 cm³/mol. The van der Waals surface area contributed by atoms with Crippen LogP contribution in [-0.4, -0.2) is 40.1 Å². The largest absolute Gasteiger partial charge is 0.461 e. The number of likely N-dealkylation sites (tertiary alicyclic amines) is 1. The van der Waals surface area contributed by atoms with Gasteiger partial charge in [-0.15, -0.1) is 0 Å². The number of nitrogens with two attached hydrogens (primary N) is 1. The highest BCUT2D eigenvalue weighted by molar-refractivity contribution is 5.97. The van der Waals surface area contributed by atoms with E-state index >= 15 is 0 Å². The van der Waals surface area contributed by atoms with Crippen LogP contribution < -0.4 is 5.73 Å². The number of furan rings is 1. The van der Waals surface area contributed by atoms with Crippen molar-refractivity contribution < 1.29 is 18.8 Å². The van der Waals surface area contributed by atoms with Gasteiger partial charge in [-0.1, -0.05) is 0 Å². The number of rotatable bonds is 5. The summed E-state index contributed by atoms with van der Waals surface area (Å²) in [6, 6.07) is 6.06. The van der Waals surface area contributed by atoms with Crippen LogP contribution in [-0.2, 0) is 0 Å². The second-order valence-electron chi connectivity index (χ2n) is 5.70. The summed E-state index contributed by atoms with van der Waals surface area (Å²) in [5.74, 6) is -0.662. The summed E-state index contributed by atoms with van der Waals surface area (Å²) in [6.45, 7) is 0.578. The standard InChI is InChI=1S/C17H17N3O4/c18-16(22)11-5-6-13(19-10-11)17(23)20-7-1-3-12(20)9-14(21)15-4-2-8-24-15/h2,4-6,8,10,12H,1,3,7,9H2,(H2,18,22). The Morgan fingerprint density at radius 1 is 1.29 bits per heavy atom. The van der Waals surface area contributed by atoms with Crippen LogP contribution in [0.3, 0.4) is 0 Å². The van der Waals surface area contributed by atoms with Crippen molar-refractivity contribution in [3.05, 3.63) is 53.7 Å². The molecule has 1 unspecified atom stereocenters. The lowest BCUT2D eigenvalue weighted by molar-refractivity contribution is 0.0707. The summed E-state index contributed by atoms with van der Waals surface area (Å²) in [7, 11) is 0. The van der Waals surface area contributed by atoms with Gasteiger partial charge in [0.1, 0.15) is 5.69 Å². The van der Waals surface area contributed by atoms with Crippen molar-refractivity contribution in [1.82, 2.24) is 9.88 Å². The molecule has 0 aromatic carbocycles. The highest BCUT2D eigenvalue weighted by Gasteiger charge is 2.32. The minimum absolute atomic E-state index is 0.123. The maximum atomic E-state index is 12.6. The molecule has 2 N–H and O–H groups in total. The van der Waals surface area contributed by atoms with Gasteiger partial charge in [-0.3, -0.25) is 19.4 Å². The van der Waals surface area contributed by atoms with Gasteiger partial charge >= 0.3 is 0 Å². The number of carbonyl (C=O) groups excluding carboxylic acids is 3. The van der Waals surface area contributed by atoms with E-state index < -0.39 is 5.91 Å². The maximum absolute atomic E-state index is 12.6. The number of Topliss-reactive ketones (excluding diaryl/α,β-unsaturated/α-hetero) is 1. The Kier molecular flexibility index (Phi) is 4.41. The molecule has 1 saturated heterocycles. The SMILES string of the molecule is NC(=O)c1ccc(C(=O)N2CCCC2CC(=O)c2ccco2)nc1. The van der Waals surface area contributed by atoms with Gasteiger partial charge in [0.05, 0.1) is 11.8 Å². The van der Waals surface area contributed by atoms with E-state index in [1.165, 1.54) is 24.6 Å². The van der Waals surface area contributed by atoms with Gasteiger partial charge in [0.2, 0.25) is 5.91 Å². The maximum Gasteiger partial charge on any atom is 0.272 e. The van der Waals surface area contributed by atoms with E-state index in [1.807, 2.05) is 0 Å². The van der Waals surface area contributed by atoms with Crippen LogP contribution in [0.1, 0.15) is 50.7 Å². The Hall–Kier alpha value is -2.96. The van der Waals surface area contributed by atoms with Crippen LogP contribution in [0.15, 0.2) is 41.1 Å². The number of carbonyl (C=O) groups is 3. The number of ketones is 1. The first-order valence-electron chi connectivity index (χ1n) is 7.70. The van der Waals surface area contributed by atoms with Gasteiger partial charge in [-0.05, 0) is 37.1 Å². The highest BCUT2D eigenvalue weighted by Crippen LogP contribution is 2.23. The summed E-state index contributed by atoms with van der Waals surface area (Å²) in [6.07, 6.45) is 4.56. The molecular formula is C17H17N3O4.